The Morgan fingerprint density at radius 3 is 1.13 bits per heavy atom. The van der Waals surface area contributed by atoms with Gasteiger partial charge in [0, 0.05) is 6.42 Å². The maximum atomic E-state index is 13.0. The summed E-state index contributed by atoms with van der Waals surface area (Å²) in [5, 5.41) is 13.9. The highest BCUT2D eigenvalue weighted by atomic mass is 31.2. The normalized spacial score (nSPS) is 14.0. The molecule has 8 nitrogen and oxygen atoms in total. The van der Waals surface area contributed by atoms with Crippen LogP contribution >= 0.6 is 7.82 Å². The van der Waals surface area contributed by atoms with Crippen molar-refractivity contribution in [2.24, 2.45) is 0 Å². The van der Waals surface area contributed by atoms with Gasteiger partial charge in [0.1, 0.15) is 13.2 Å². The van der Waals surface area contributed by atoms with Crippen LogP contribution in [0.15, 0.2) is 24.3 Å². The van der Waals surface area contributed by atoms with Crippen LogP contribution < -0.4 is 5.32 Å². The van der Waals surface area contributed by atoms with Gasteiger partial charge in [-0.15, -0.1) is 0 Å². The van der Waals surface area contributed by atoms with E-state index in [2.05, 4.69) is 31.3 Å². The summed E-state index contributed by atoms with van der Waals surface area (Å²) in [5.74, 6) is -0.172. The molecule has 3 unspecified atom stereocenters. The number of aliphatic hydroxyl groups is 1. The minimum Gasteiger partial charge on any atom is -0.387 e. The average Bonchev–Trinajstić information content (AvgIpc) is 3.30. The van der Waals surface area contributed by atoms with Crippen LogP contribution in [0, 0.1) is 0 Å². The summed E-state index contributed by atoms with van der Waals surface area (Å²) in [5.41, 5.74) is 0. The number of amides is 1. The molecule has 0 radical (unpaired) electrons. The Kier molecular flexibility index (Phi) is 50.1. The second-order valence-corrected chi connectivity index (χ2v) is 23.2. The number of quaternary nitrogens is 1. The number of aliphatic hydroxyl groups excluding tert-OH is 1. The third-order valence-electron chi connectivity index (χ3n) is 13.7. The number of carbonyl (C=O) groups is 1. The van der Waals surface area contributed by atoms with Gasteiger partial charge in [0.2, 0.25) is 5.91 Å². The van der Waals surface area contributed by atoms with E-state index in [0.717, 1.165) is 38.5 Å². The van der Waals surface area contributed by atoms with Crippen LogP contribution in [-0.2, 0) is 18.4 Å². The number of unbranched alkanes of at least 4 members (excludes halogenated alkanes) is 40. The molecule has 3 N–H and O–H groups in total. The van der Waals surface area contributed by atoms with Crippen molar-refractivity contribution in [2.45, 2.75) is 309 Å². The van der Waals surface area contributed by atoms with E-state index in [1.165, 1.54) is 238 Å². The fourth-order valence-electron chi connectivity index (χ4n) is 8.98. The van der Waals surface area contributed by atoms with Crippen molar-refractivity contribution >= 4 is 13.7 Å². The highest BCUT2D eigenvalue weighted by Crippen LogP contribution is 2.43. The van der Waals surface area contributed by atoms with Crippen LogP contribution in [0.1, 0.15) is 296 Å². The number of phosphoric acid groups is 1. The van der Waals surface area contributed by atoms with Crippen LogP contribution in [0.2, 0.25) is 0 Å². The molecule has 0 spiro atoms. The van der Waals surface area contributed by atoms with Crippen LogP contribution in [-0.4, -0.2) is 73.4 Å². The number of hydrogen-bond acceptors (Lipinski definition) is 5. The van der Waals surface area contributed by atoms with Crippen molar-refractivity contribution in [2.75, 3.05) is 40.9 Å². The topological polar surface area (TPSA) is 105 Å². The van der Waals surface area contributed by atoms with Crippen LogP contribution in [0.5, 0.6) is 0 Å². The molecule has 0 aliphatic rings. The maximum absolute atomic E-state index is 13.0. The molecule has 9 heteroatoms. The van der Waals surface area contributed by atoms with E-state index in [1.807, 2.05) is 27.2 Å². The summed E-state index contributed by atoms with van der Waals surface area (Å²) in [4.78, 5) is 23.3. The number of phosphoric ester groups is 1. The molecule has 1 amide bonds. The van der Waals surface area contributed by atoms with E-state index in [9.17, 15) is 19.4 Å². The monoisotopic (exact) mass is 982 g/mol. The predicted octanol–water partition coefficient (Wildman–Crippen LogP) is 18.0. The quantitative estimate of drug-likeness (QED) is 0.0243. The SMILES string of the molecule is CCCCCCCCCCCCCC/C=C\CCCCCCCCCCCCCCCCCC(=O)NC(COP(=O)(O)OCC[N+](C)(C)C)C(O)/C=C/CCCCCCCCCCCCCCC. The van der Waals surface area contributed by atoms with Gasteiger partial charge in [0.05, 0.1) is 39.9 Å². The molecule has 0 rings (SSSR count). The van der Waals surface area contributed by atoms with E-state index < -0.39 is 20.0 Å². The predicted molar refractivity (Wildman–Crippen MR) is 295 cm³/mol. The van der Waals surface area contributed by atoms with E-state index in [4.69, 9.17) is 9.05 Å². The summed E-state index contributed by atoms with van der Waals surface area (Å²) in [6.45, 7) is 4.85. The molecule has 0 aromatic carbocycles. The minimum absolute atomic E-state index is 0.0636. The van der Waals surface area contributed by atoms with E-state index in [0.29, 0.717) is 17.4 Å². The molecule has 0 aromatic rings. The molecule has 3 atom stereocenters. The minimum atomic E-state index is -4.34. The van der Waals surface area contributed by atoms with Crippen LogP contribution in [0.3, 0.4) is 0 Å². The Labute approximate surface area is 424 Å². The number of allylic oxidation sites excluding steroid dienone is 3. The van der Waals surface area contributed by atoms with E-state index in [-0.39, 0.29) is 19.1 Å². The lowest BCUT2D eigenvalue weighted by Gasteiger charge is -2.25. The van der Waals surface area contributed by atoms with Crippen LogP contribution in [0.25, 0.3) is 0 Å². The molecule has 0 bridgehead atoms. The molecular weight excluding hydrogens is 864 g/mol. The highest BCUT2D eigenvalue weighted by Gasteiger charge is 2.27. The van der Waals surface area contributed by atoms with Gasteiger partial charge < -0.3 is 19.8 Å². The molecule has 0 fully saturated rings. The molecule has 68 heavy (non-hydrogen) atoms. The van der Waals surface area contributed by atoms with Crippen LogP contribution in [0.4, 0.5) is 0 Å². The molecule has 0 saturated carbocycles. The third-order valence-corrected chi connectivity index (χ3v) is 14.6. The zero-order valence-electron chi connectivity index (χ0n) is 46.1. The fraction of sp³-hybridized carbons (Fsp3) is 0.915. The Balaban J connectivity index is 4.04. The Morgan fingerprint density at radius 2 is 0.794 bits per heavy atom. The smallest absolute Gasteiger partial charge is 0.387 e. The van der Waals surface area contributed by atoms with Crippen molar-refractivity contribution in [3.05, 3.63) is 24.3 Å². The number of nitrogens with zero attached hydrogens (tertiary/aromatic N) is 1. The first-order chi connectivity index (χ1) is 33.0. The van der Waals surface area contributed by atoms with Gasteiger partial charge >= 0.3 is 7.82 Å². The first-order valence-electron chi connectivity index (χ1n) is 29.7. The molecule has 0 heterocycles. The lowest BCUT2D eigenvalue weighted by molar-refractivity contribution is -0.870. The molecular formula is C59H118N2O6P+. The zero-order chi connectivity index (χ0) is 49.9. The largest absolute Gasteiger partial charge is 0.472 e. The van der Waals surface area contributed by atoms with Gasteiger partial charge in [-0.1, -0.05) is 269 Å². The standard InChI is InChI=1S/C59H117N2O6P/c1-6-8-10-12-14-16-18-20-22-23-24-25-26-27-28-29-30-31-32-33-34-35-36-37-39-41-43-45-47-49-51-53-59(63)60-57(56-67-68(64,65)66-55-54-61(3,4)5)58(62)52-50-48-46-44-42-40-38-21-19-17-15-13-11-9-7-2/h27-28,50,52,57-58,62H,6-26,29-49,51,53-56H2,1-5H3,(H-,60,63,64,65)/p+1/b28-27-,52-50+. The average molecular weight is 983 g/mol. The summed E-state index contributed by atoms with van der Waals surface area (Å²) in [6.07, 6.45) is 64.3. The number of carbonyl (C=O) groups excluding carboxylic acids is 1. The number of rotatable bonds is 55. The lowest BCUT2D eigenvalue weighted by Crippen LogP contribution is -2.45. The van der Waals surface area contributed by atoms with Crippen molar-refractivity contribution in [3.63, 3.8) is 0 Å². The summed E-state index contributed by atoms with van der Waals surface area (Å²) in [7, 11) is 1.58. The Morgan fingerprint density at radius 1 is 0.485 bits per heavy atom. The molecule has 0 aromatic heterocycles. The maximum Gasteiger partial charge on any atom is 0.472 e. The van der Waals surface area contributed by atoms with Gasteiger partial charge in [-0.05, 0) is 44.9 Å². The molecule has 404 valence electrons. The first-order valence-corrected chi connectivity index (χ1v) is 31.2. The Bertz CT molecular complexity index is 1160. The van der Waals surface area contributed by atoms with Crippen molar-refractivity contribution in [1.82, 2.24) is 5.32 Å². The second kappa shape index (κ2) is 50.9. The van der Waals surface area contributed by atoms with Gasteiger partial charge in [-0.25, -0.2) is 4.57 Å². The second-order valence-electron chi connectivity index (χ2n) is 21.7. The molecule has 0 saturated heterocycles. The fourth-order valence-corrected chi connectivity index (χ4v) is 9.72. The highest BCUT2D eigenvalue weighted by molar-refractivity contribution is 7.47. The van der Waals surface area contributed by atoms with E-state index in [1.54, 1.807) is 6.08 Å². The number of hydrogen-bond donors (Lipinski definition) is 3. The zero-order valence-corrected chi connectivity index (χ0v) is 47.0. The van der Waals surface area contributed by atoms with Gasteiger partial charge in [0.15, 0.2) is 0 Å². The van der Waals surface area contributed by atoms with Crippen molar-refractivity contribution in [1.29, 1.82) is 0 Å². The van der Waals surface area contributed by atoms with Crippen molar-refractivity contribution < 1.29 is 32.9 Å². The summed E-state index contributed by atoms with van der Waals surface area (Å²) in [6, 6.07) is -0.844. The Hall–Kier alpha value is -1.02. The van der Waals surface area contributed by atoms with E-state index >= 15 is 0 Å². The lowest BCUT2D eigenvalue weighted by atomic mass is 10.0. The number of likely N-dealkylation sites (N-methyl/N-ethyl adjacent to an activating group) is 1. The van der Waals surface area contributed by atoms with Crippen molar-refractivity contribution in [3.8, 4) is 0 Å². The molecule has 0 aliphatic heterocycles. The summed E-state index contributed by atoms with van der Waals surface area (Å²) < 4.78 is 23.7. The van der Waals surface area contributed by atoms with Gasteiger partial charge in [-0.2, -0.15) is 0 Å². The van der Waals surface area contributed by atoms with Gasteiger partial charge in [0.25, 0.3) is 0 Å². The van der Waals surface area contributed by atoms with Gasteiger partial charge in [-0.3, -0.25) is 13.8 Å². The third kappa shape index (κ3) is 52.8. The first kappa shape index (κ1) is 67.0. The molecule has 0 aliphatic carbocycles. The summed E-state index contributed by atoms with van der Waals surface area (Å²) >= 11 is 0. The number of nitrogens with one attached hydrogen (secondary N) is 1.